The van der Waals surface area contributed by atoms with Gasteiger partial charge in [0.15, 0.2) is 0 Å². The van der Waals surface area contributed by atoms with Crippen LogP contribution in [0.5, 0.6) is 0 Å². The van der Waals surface area contributed by atoms with Crippen molar-refractivity contribution in [2.75, 3.05) is 24.5 Å². The molecule has 0 bridgehead atoms. The van der Waals surface area contributed by atoms with Gasteiger partial charge in [-0.1, -0.05) is 0 Å². The standard InChI is InChI=1S/C14H20N4O/c1-14(2)11-7-16-6-9(11)8-18(14)10-3-4-17-12(5-10)13(15)19/h3-5,9,11,16H,6-8H2,1-2H3,(H2,15,19). The number of carbonyl (C=O) groups excluding carboxylic acids is 1. The van der Waals surface area contributed by atoms with E-state index in [-0.39, 0.29) is 5.54 Å². The maximum atomic E-state index is 11.3. The van der Waals surface area contributed by atoms with Gasteiger partial charge in [-0.3, -0.25) is 9.78 Å². The van der Waals surface area contributed by atoms with Gasteiger partial charge in [0.1, 0.15) is 5.69 Å². The molecule has 3 heterocycles. The Labute approximate surface area is 113 Å². The fraction of sp³-hybridized carbons (Fsp3) is 0.571. The lowest BCUT2D eigenvalue weighted by atomic mass is 9.85. The summed E-state index contributed by atoms with van der Waals surface area (Å²) in [5, 5.41) is 3.47. The molecule has 1 amide bonds. The average molecular weight is 260 g/mol. The molecule has 0 radical (unpaired) electrons. The summed E-state index contributed by atoms with van der Waals surface area (Å²) < 4.78 is 0. The van der Waals surface area contributed by atoms with Crippen molar-refractivity contribution in [3.8, 4) is 0 Å². The number of pyridine rings is 1. The fourth-order valence-corrected chi connectivity index (χ4v) is 3.58. The van der Waals surface area contributed by atoms with Crippen LogP contribution in [0.3, 0.4) is 0 Å². The van der Waals surface area contributed by atoms with E-state index < -0.39 is 5.91 Å². The summed E-state index contributed by atoms with van der Waals surface area (Å²) >= 11 is 0. The zero-order chi connectivity index (χ0) is 13.6. The second-order valence-electron chi connectivity index (χ2n) is 6.05. The van der Waals surface area contributed by atoms with Crippen molar-refractivity contribution in [3.05, 3.63) is 24.0 Å². The molecule has 0 saturated carbocycles. The number of fused-ring (bicyclic) bond motifs is 1. The molecule has 0 spiro atoms. The molecule has 2 unspecified atom stereocenters. The van der Waals surface area contributed by atoms with Crippen LogP contribution >= 0.6 is 0 Å². The van der Waals surface area contributed by atoms with Crippen molar-refractivity contribution in [2.24, 2.45) is 17.6 Å². The smallest absolute Gasteiger partial charge is 0.267 e. The maximum absolute atomic E-state index is 11.3. The van der Waals surface area contributed by atoms with E-state index in [9.17, 15) is 4.79 Å². The van der Waals surface area contributed by atoms with Crippen molar-refractivity contribution in [2.45, 2.75) is 19.4 Å². The highest BCUT2D eigenvalue weighted by molar-refractivity contribution is 5.91. The summed E-state index contributed by atoms with van der Waals surface area (Å²) in [6, 6.07) is 3.77. The third kappa shape index (κ3) is 1.89. The molecule has 0 aliphatic carbocycles. The number of nitrogens with one attached hydrogen (secondary N) is 1. The molecule has 19 heavy (non-hydrogen) atoms. The van der Waals surface area contributed by atoms with Crippen molar-refractivity contribution < 1.29 is 4.79 Å². The first-order chi connectivity index (χ1) is 9.00. The summed E-state index contributed by atoms with van der Waals surface area (Å²) in [5.41, 5.74) is 6.78. The van der Waals surface area contributed by atoms with Crippen LogP contribution in [0.4, 0.5) is 5.69 Å². The highest BCUT2D eigenvalue weighted by atomic mass is 16.1. The number of hydrogen-bond acceptors (Lipinski definition) is 4. The third-order valence-corrected chi connectivity index (χ3v) is 4.67. The Morgan fingerprint density at radius 3 is 3.00 bits per heavy atom. The van der Waals surface area contributed by atoms with Crippen LogP contribution in [0, 0.1) is 11.8 Å². The Balaban J connectivity index is 1.94. The first-order valence-corrected chi connectivity index (χ1v) is 6.74. The van der Waals surface area contributed by atoms with E-state index in [0.29, 0.717) is 17.5 Å². The lowest BCUT2D eigenvalue weighted by Crippen LogP contribution is -2.44. The normalized spacial score (nSPS) is 28.4. The zero-order valence-corrected chi connectivity index (χ0v) is 11.4. The summed E-state index contributed by atoms with van der Waals surface area (Å²) in [5.74, 6) is 0.860. The van der Waals surface area contributed by atoms with Gasteiger partial charge in [-0.25, -0.2) is 0 Å². The number of nitrogens with zero attached hydrogens (tertiary/aromatic N) is 2. The second-order valence-corrected chi connectivity index (χ2v) is 6.05. The van der Waals surface area contributed by atoms with Crippen LogP contribution in [0.15, 0.2) is 18.3 Å². The van der Waals surface area contributed by atoms with Gasteiger partial charge in [-0.05, 0) is 37.8 Å². The van der Waals surface area contributed by atoms with Crippen molar-refractivity contribution in [1.29, 1.82) is 0 Å². The lowest BCUT2D eigenvalue weighted by Gasteiger charge is -2.37. The van der Waals surface area contributed by atoms with Crippen molar-refractivity contribution in [1.82, 2.24) is 10.3 Å². The number of amides is 1. The number of aromatic nitrogens is 1. The zero-order valence-electron chi connectivity index (χ0n) is 11.4. The molecule has 2 fully saturated rings. The Morgan fingerprint density at radius 2 is 2.32 bits per heavy atom. The van der Waals surface area contributed by atoms with Crippen LogP contribution < -0.4 is 16.0 Å². The molecule has 5 heteroatoms. The SMILES string of the molecule is CC1(C)C2CNCC2CN1c1ccnc(C(N)=O)c1. The van der Waals surface area contributed by atoms with Gasteiger partial charge in [0.2, 0.25) is 0 Å². The van der Waals surface area contributed by atoms with E-state index in [4.69, 9.17) is 5.73 Å². The Morgan fingerprint density at radius 1 is 1.53 bits per heavy atom. The number of anilines is 1. The highest BCUT2D eigenvalue weighted by Gasteiger charge is 2.49. The van der Waals surface area contributed by atoms with Gasteiger partial charge in [0, 0.05) is 37.1 Å². The van der Waals surface area contributed by atoms with E-state index in [1.807, 2.05) is 6.07 Å². The average Bonchev–Trinajstić information content (AvgIpc) is 2.92. The largest absolute Gasteiger partial charge is 0.366 e. The molecular formula is C14H20N4O. The summed E-state index contributed by atoms with van der Waals surface area (Å²) in [6.45, 7) is 7.72. The lowest BCUT2D eigenvalue weighted by molar-refractivity contribution is 0.0995. The van der Waals surface area contributed by atoms with Crippen LogP contribution in [-0.4, -0.2) is 36.1 Å². The molecule has 2 aliphatic rings. The van der Waals surface area contributed by atoms with Gasteiger partial charge >= 0.3 is 0 Å². The minimum absolute atomic E-state index is 0.0877. The molecule has 2 saturated heterocycles. The molecule has 1 aromatic heterocycles. The van der Waals surface area contributed by atoms with Crippen LogP contribution in [-0.2, 0) is 0 Å². The molecule has 0 aromatic carbocycles. The molecule has 1 aromatic rings. The van der Waals surface area contributed by atoms with Crippen molar-refractivity contribution in [3.63, 3.8) is 0 Å². The third-order valence-electron chi connectivity index (χ3n) is 4.67. The first kappa shape index (κ1) is 12.4. The highest BCUT2D eigenvalue weighted by Crippen LogP contribution is 2.43. The number of hydrogen-bond donors (Lipinski definition) is 2. The van der Waals surface area contributed by atoms with Crippen molar-refractivity contribution >= 4 is 11.6 Å². The number of rotatable bonds is 2. The van der Waals surface area contributed by atoms with Gasteiger partial charge in [0.25, 0.3) is 5.91 Å². The molecule has 3 rings (SSSR count). The second kappa shape index (κ2) is 4.20. The first-order valence-electron chi connectivity index (χ1n) is 6.74. The van der Waals surface area contributed by atoms with E-state index in [0.717, 1.165) is 25.3 Å². The molecular weight excluding hydrogens is 240 g/mol. The van der Waals surface area contributed by atoms with Crippen LogP contribution in [0.1, 0.15) is 24.3 Å². The van der Waals surface area contributed by atoms with E-state index >= 15 is 0 Å². The van der Waals surface area contributed by atoms with Crippen LogP contribution in [0.25, 0.3) is 0 Å². The summed E-state index contributed by atoms with van der Waals surface area (Å²) in [6.07, 6.45) is 1.66. The molecule has 102 valence electrons. The predicted molar refractivity (Wildman–Crippen MR) is 74.0 cm³/mol. The topological polar surface area (TPSA) is 71.2 Å². The molecule has 5 nitrogen and oxygen atoms in total. The minimum atomic E-state index is -0.472. The van der Waals surface area contributed by atoms with E-state index in [2.05, 4.69) is 29.0 Å². The minimum Gasteiger partial charge on any atom is -0.366 e. The van der Waals surface area contributed by atoms with Gasteiger partial charge in [-0.2, -0.15) is 0 Å². The number of nitrogens with two attached hydrogens (primary N) is 1. The molecule has 2 atom stereocenters. The number of carbonyl (C=O) groups is 1. The van der Waals surface area contributed by atoms with E-state index in [1.54, 1.807) is 12.3 Å². The summed E-state index contributed by atoms with van der Waals surface area (Å²) in [7, 11) is 0. The van der Waals surface area contributed by atoms with Crippen LogP contribution in [0.2, 0.25) is 0 Å². The predicted octanol–water partition coefficient (Wildman–Crippen LogP) is 0.615. The Hall–Kier alpha value is -1.62. The van der Waals surface area contributed by atoms with Gasteiger partial charge in [0.05, 0.1) is 0 Å². The summed E-state index contributed by atoms with van der Waals surface area (Å²) in [4.78, 5) is 17.7. The monoisotopic (exact) mass is 260 g/mol. The van der Waals surface area contributed by atoms with Gasteiger partial charge < -0.3 is 16.0 Å². The maximum Gasteiger partial charge on any atom is 0.267 e. The Bertz CT molecular complexity index is 514. The Kier molecular flexibility index (Phi) is 2.74. The number of primary amides is 1. The van der Waals surface area contributed by atoms with E-state index in [1.165, 1.54) is 0 Å². The quantitative estimate of drug-likeness (QED) is 0.817. The molecule has 2 aliphatic heterocycles. The van der Waals surface area contributed by atoms with Gasteiger partial charge in [-0.15, -0.1) is 0 Å². The molecule has 3 N–H and O–H groups in total. The fourth-order valence-electron chi connectivity index (χ4n) is 3.58.